The third-order valence-corrected chi connectivity index (χ3v) is 5.90. The van der Waals surface area contributed by atoms with E-state index >= 15 is 0 Å². The fraction of sp³-hybridized carbons (Fsp3) is 0.400. The predicted octanol–water partition coefficient (Wildman–Crippen LogP) is 5.47. The molecule has 170 valence electrons. The number of hydrazone groups is 1. The number of aryl methyl sites for hydroxylation is 1. The van der Waals surface area contributed by atoms with Gasteiger partial charge in [-0.1, -0.05) is 43.0 Å². The molecule has 2 aromatic carbocycles. The summed E-state index contributed by atoms with van der Waals surface area (Å²) < 4.78 is 5.73. The molecule has 0 heterocycles. The molecule has 2 aromatic rings. The summed E-state index contributed by atoms with van der Waals surface area (Å²) in [6.45, 7) is 5.33. The van der Waals surface area contributed by atoms with Crippen LogP contribution in [-0.2, 0) is 9.59 Å². The van der Waals surface area contributed by atoms with Crippen molar-refractivity contribution in [2.45, 2.75) is 59.0 Å². The fourth-order valence-electron chi connectivity index (χ4n) is 3.71. The molecule has 0 unspecified atom stereocenters. The summed E-state index contributed by atoms with van der Waals surface area (Å²) >= 11 is 5.96. The molecule has 2 N–H and O–H groups in total. The van der Waals surface area contributed by atoms with E-state index in [-0.39, 0.29) is 17.7 Å². The second-order valence-corrected chi connectivity index (χ2v) is 8.68. The molecule has 6 nitrogen and oxygen atoms in total. The zero-order valence-corrected chi connectivity index (χ0v) is 19.5. The van der Waals surface area contributed by atoms with Gasteiger partial charge < -0.3 is 10.1 Å². The first-order valence-electron chi connectivity index (χ1n) is 11.0. The van der Waals surface area contributed by atoms with Crippen LogP contribution in [0, 0.1) is 12.8 Å². The van der Waals surface area contributed by atoms with Crippen molar-refractivity contribution in [2.24, 2.45) is 11.0 Å². The van der Waals surface area contributed by atoms with Gasteiger partial charge >= 0.3 is 0 Å². The number of hydrogen-bond acceptors (Lipinski definition) is 4. The summed E-state index contributed by atoms with van der Waals surface area (Å²) in [5.74, 6) is 0.403. The summed E-state index contributed by atoms with van der Waals surface area (Å²) in [4.78, 5) is 24.9. The number of amides is 2. The van der Waals surface area contributed by atoms with Crippen LogP contribution in [-0.4, -0.2) is 23.6 Å². The first-order chi connectivity index (χ1) is 15.3. The molecule has 32 heavy (non-hydrogen) atoms. The molecule has 1 aliphatic rings. The topological polar surface area (TPSA) is 79.8 Å². The van der Waals surface area contributed by atoms with Gasteiger partial charge in [0, 0.05) is 16.6 Å². The lowest BCUT2D eigenvalue weighted by Gasteiger charge is -2.20. The third kappa shape index (κ3) is 6.57. The lowest BCUT2D eigenvalue weighted by Crippen LogP contribution is -2.34. The monoisotopic (exact) mass is 455 g/mol. The zero-order valence-electron chi connectivity index (χ0n) is 18.8. The Labute approximate surface area is 194 Å². The number of ether oxygens (including phenoxy) is 1. The van der Waals surface area contributed by atoms with Crippen molar-refractivity contribution in [3.05, 3.63) is 58.6 Å². The number of nitrogens with zero attached hydrogens (tertiary/aromatic N) is 1. The van der Waals surface area contributed by atoms with Gasteiger partial charge in [-0.05, 0) is 75.1 Å². The molecule has 7 heteroatoms. The zero-order chi connectivity index (χ0) is 23.1. The number of benzene rings is 2. The van der Waals surface area contributed by atoms with Crippen LogP contribution in [0.15, 0.2) is 47.6 Å². The molecule has 0 aromatic heterocycles. The van der Waals surface area contributed by atoms with Crippen molar-refractivity contribution in [1.29, 1.82) is 0 Å². The Balaban J connectivity index is 1.58. The maximum absolute atomic E-state index is 12.5. The molecule has 3 rings (SSSR count). The highest BCUT2D eigenvalue weighted by Crippen LogP contribution is 2.25. The highest BCUT2D eigenvalue weighted by molar-refractivity contribution is 6.30. The van der Waals surface area contributed by atoms with E-state index in [1.54, 1.807) is 32.0 Å². The van der Waals surface area contributed by atoms with Crippen molar-refractivity contribution in [2.75, 3.05) is 5.32 Å². The molecule has 1 aliphatic carbocycles. The first-order valence-corrected chi connectivity index (χ1v) is 11.4. The Morgan fingerprint density at radius 1 is 1.12 bits per heavy atom. The van der Waals surface area contributed by atoms with Crippen LogP contribution in [0.5, 0.6) is 5.75 Å². The number of nitrogens with one attached hydrogen (secondary N) is 2. The molecule has 0 bridgehead atoms. The second-order valence-electron chi connectivity index (χ2n) is 8.25. The van der Waals surface area contributed by atoms with Gasteiger partial charge in [-0.15, -0.1) is 0 Å². The van der Waals surface area contributed by atoms with Gasteiger partial charge in [-0.2, -0.15) is 5.10 Å². The predicted molar refractivity (Wildman–Crippen MR) is 128 cm³/mol. The molecule has 0 saturated heterocycles. The average Bonchev–Trinajstić information content (AvgIpc) is 2.79. The Hall–Kier alpha value is -2.86. The Morgan fingerprint density at radius 2 is 1.88 bits per heavy atom. The smallest absolute Gasteiger partial charge is 0.280 e. The lowest BCUT2D eigenvalue weighted by atomic mass is 9.88. The number of rotatable bonds is 7. The summed E-state index contributed by atoms with van der Waals surface area (Å²) in [6, 6.07) is 12.7. The van der Waals surface area contributed by atoms with Crippen molar-refractivity contribution >= 4 is 34.8 Å². The third-order valence-electron chi connectivity index (χ3n) is 5.67. The van der Waals surface area contributed by atoms with E-state index in [1.807, 2.05) is 31.2 Å². The molecular weight excluding hydrogens is 426 g/mol. The quantitative estimate of drug-likeness (QED) is 0.428. The molecule has 1 saturated carbocycles. The van der Waals surface area contributed by atoms with Crippen LogP contribution in [0.25, 0.3) is 0 Å². The van der Waals surface area contributed by atoms with E-state index in [1.165, 1.54) is 6.42 Å². The van der Waals surface area contributed by atoms with Crippen molar-refractivity contribution in [1.82, 2.24) is 5.43 Å². The minimum atomic E-state index is -0.729. The maximum atomic E-state index is 12.5. The number of anilines is 1. The van der Waals surface area contributed by atoms with Crippen molar-refractivity contribution in [3.8, 4) is 5.75 Å². The summed E-state index contributed by atoms with van der Waals surface area (Å²) in [5.41, 5.74) is 5.58. The molecule has 0 radical (unpaired) electrons. The van der Waals surface area contributed by atoms with E-state index in [9.17, 15) is 9.59 Å². The van der Waals surface area contributed by atoms with Crippen LogP contribution in [0.2, 0.25) is 5.02 Å². The molecule has 1 fully saturated rings. The number of carbonyl (C=O) groups excluding carboxylic acids is 2. The van der Waals surface area contributed by atoms with Crippen molar-refractivity contribution in [3.63, 3.8) is 0 Å². The van der Waals surface area contributed by atoms with Crippen LogP contribution in [0.1, 0.15) is 57.1 Å². The highest BCUT2D eigenvalue weighted by atomic mass is 35.5. The Bertz CT molecular complexity index is 1000. The van der Waals surface area contributed by atoms with Gasteiger partial charge in [-0.3, -0.25) is 9.59 Å². The van der Waals surface area contributed by atoms with Gasteiger partial charge in [0.25, 0.3) is 5.91 Å². The van der Waals surface area contributed by atoms with Crippen LogP contribution in [0.3, 0.4) is 0 Å². The first kappa shape index (κ1) is 23.8. The molecule has 2 amide bonds. The molecule has 0 spiro atoms. The highest BCUT2D eigenvalue weighted by Gasteiger charge is 2.21. The fourth-order valence-corrected chi connectivity index (χ4v) is 3.94. The van der Waals surface area contributed by atoms with Gasteiger partial charge in [0.1, 0.15) is 5.75 Å². The van der Waals surface area contributed by atoms with E-state index in [4.69, 9.17) is 16.3 Å². The number of hydrogen-bond donors (Lipinski definition) is 2. The largest absolute Gasteiger partial charge is 0.481 e. The van der Waals surface area contributed by atoms with Crippen molar-refractivity contribution < 1.29 is 14.3 Å². The standard InChI is InChI=1S/C25H30ClN3O3/c1-16-14-21(26)12-13-23(16)32-18(3)24(30)29-28-17(2)20-10-7-11-22(15-20)27-25(31)19-8-5-4-6-9-19/h7,10-15,18-19H,4-6,8-9H2,1-3H3,(H,27,31)(H,29,30)/t18-/m0/s1. The van der Waals surface area contributed by atoms with Crippen LogP contribution >= 0.6 is 11.6 Å². The summed E-state index contributed by atoms with van der Waals surface area (Å²) in [6.07, 6.45) is 4.62. The normalized spacial score (nSPS) is 15.7. The van der Waals surface area contributed by atoms with E-state index in [0.717, 1.165) is 42.5 Å². The SMILES string of the molecule is CC(=NNC(=O)[C@H](C)Oc1ccc(Cl)cc1C)c1cccc(NC(=O)C2CCCCC2)c1. The second kappa shape index (κ2) is 11.1. The molecular formula is C25H30ClN3O3. The van der Waals surface area contributed by atoms with E-state index in [2.05, 4.69) is 15.8 Å². The minimum Gasteiger partial charge on any atom is -0.481 e. The lowest BCUT2D eigenvalue weighted by molar-refractivity contribution is -0.127. The van der Waals surface area contributed by atoms with Gasteiger partial charge in [0.15, 0.2) is 6.10 Å². The van der Waals surface area contributed by atoms with Crippen LogP contribution in [0.4, 0.5) is 5.69 Å². The number of halogens is 1. The maximum Gasteiger partial charge on any atom is 0.280 e. The van der Waals surface area contributed by atoms with Gasteiger partial charge in [0.2, 0.25) is 5.91 Å². The van der Waals surface area contributed by atoms with Crippen LogP contribution < -0.4 is 15.5 Å². The molecule has 0 aliphatic heterocycles. The Morgan fingerprint density at radius 3 is 2.59 bits per heavy atom. The van der Waals surface area contributed by atoms with E-state index in [0.29, 0.717) is 16.5 Å². The van der Waals surface area contributed by atoms with Gasteiger partial charge in [-0.25, -0.2) is 5.43 Å². The molecule has 1 atom stereocenters. The summed E-state index contributed by atoms with van der Waals surface area (Å²) in [7, 11) is 0. The van der Waals surface area contributed by atoms with E-state index < -0.39 is 6.10 Å². The minimum absolute atomic E-state index is 0.0770. The average molecular weight is 456 g/mol. The summed E-state index contributed by atoms with van der Waals surface area (Å²) in [5, 5.41) is 7.84. The Kier molecular flexibility index (Phi) is 8.28. The van der Waals surface area contributed by atoms with Gasteiger partial charge in [0.05, 0.1) is 5.71 Å². The number of carbonyl (C=O) groups is 2.